The van der Waals surface area contributed by atoms with Gasteiger partial charge in [0.15, 0.2) is 0 Å². The number of carbonyl (C=O) groups excluding carboxylic acids is 4. The van der Waals surface area contributed by atoms with E-state index < -0.39 is 35.2 Å². The third-order valence-corrected chi connectivity index (χ3v) is 10.8. The minimum atomic E-state index is -0.893. The lowest BCUT2D eigenvalue weighted by Gasteiger charge is -2.55. The molecule has 0 radical (unpaired) electrons. The zero-order valence-corrected chi connectivity index (χ0v) is 22.5. The summed E-state index contributed by atoms with van der Waals surface area (Å²) < 4.78 is 11.2. The summed E-state index contributed by atoms with van der Waals surface area (Å²) in [5.41, 5.74) is -1.46. The zero-order chi connectivity index (χ0) is 27.3. The van der Waals surface area contributed by atoms with Crippen LogP contribution < -0.4 is 5.32 Å². The van der Waals surface area contributed by atoms with Crippen molar-refractivity contribution in [1.29, 1.82) is 0 Å². The molecule has 0 aromatic heterocycles. The summed E-state index contributed by atoms with van der Waals surface area (Å²) in [7, 11) is 0. The molecule has 10 heteroatoms. The summed E-state index contributed by atoms with van der Waals surface area (Å²) in [4.78, 5) is 53.3. The molecule has 210 valence electrons. The summed E-state index contributed by atoms with van der Waals surface area (Å²) in [6.45, 7) is 11.3. The van der Waals surface area contributed by atoms with Gasteiger partial charge in [0.25, 0.3) is 0 Å². The van der Waals surface area contributed by atoms with Crippen molar-refractivity contribution in [3.8, 4) is 0 Å². The van der Waals surface area contributed by atoms with E-state index in [9.17, 15) is 24.3 Å². The molecule has 1 saturated heterocycles. The minimum Gasteiger partial charge on any atom is -0.448 e. The average molecular weight is 532 g/mol. The first-order valence-corrected chi connectivity index (χ1v) is 14.0. The third-order valence-electron chi connectivity index (χ3n) is 10.8. The van der Waals surface area contributed by atoms with E-state index in [4.69, 9.17) is 9.47 Å². The first-order valence-electron chi connectivity index (χ1n) is 14.0. The van der Waals surface area contributed by atoms with E-state index in [-0.39, 0.29) is 29.6 Å². The van der Waals surface area contributed by atoms with Crippen LogP contribution in [0.5, 0.6) is 0 Å². The highest BCUT2D eigenvalue weighted by Gasteiger charge is 2.77. The number of carbonyl (C=O) groups is 4. The Bertz CT molecular complexity index is 997. The van der Waals surface area contributed by atoms with Crippen LogP contribution in [0.15, 0.2) is 12.7 Å². The molecule has 2 bridgehead atoms. The first kappa shape index (κ1) is 27.1. The van der Waals surface area contributed by atoms with Gasteiger partial charge in [0.05, 0.1) is 6.10 Å². The lowest BCUT2D eigenvalue weighted by atomic mass is 9.50. The minimum absolute atomic E-state index is 0.0773. The standard InChI is InChI=1S/C28H41N3O7/c1-4-26(3)16-21(38-25(36)29-24(35)37-14-13-30-9-11-31(17-32)12-10-30)28-15-19(28)5-7-27(18(2)23(26)34)8-6-20(33)22(27)28/h4,17-19,21-23,34H,1,5-16H2,2-3H3,(H,29,35,36)/t18-,19-,21+,22+,23-,26+,27-,28-/m0/s1. The summed E-state index contributed by atoms with van der Waals surface area (Å²) in [5, 5.41) is 13.7. The van der Waals surface area contributed by atoms with Crippen LogP contribution in [0.25, 0.3) is 0 Å². The average Bonchev–Trinajstić information content (AvgIpc) is 3.56. The van der Waals surface area contributed by atoms with Crippen molar-refractivity contribution in [3.05, 3.63) is 12.7 Å². The smallest absolute Gasteiger partial charge is 0.416 e. The number of rotatable bonds is 6. The van der Waals surface area contributed by atoms with Crippen molar-refractivity contribution >= 4 is 24.4 Å². The van der Waals surface area contributed by atoms with Crippen molar-refractivity contribution in [2.24, 2.45) is 34.0 Å². The van der Waals surface area contributed by atoms with E-state index in [0.29, 0.717) is 51.5 Å². The maximum Gasteiger partial charge on any atom is 0.416 e. The van der Waals surface area contributed by atoms with Crippen LogP contribution >= 0.6 is 0 Å². The highest BCUT2D eigenvalue weighted by Crippen LogP contribution is 2.77. The Balaban J connectivity index is 1.25. The van der Waals surface area contributed by atoms with Crippen molar-refractivity contribution in [3.63, 3.8) is 0 Å². The number of hydrogen-bond donors (Lipinski definition) is 2. The molecule has 4 saturated carbocycles. The first-order chi connectivity index (χ1) is 18.1. The van der Waals surface area contributed by atoms with Gasteiger partial charge >= 0.3 is 12.2 Å². The second-order valence-electron chi connectivity index (χ2n) is 12.5. The predicted octanol–water partition coefficient (Wildman–Crippen LogP) is 2.35. The van der Waals surface area contributed by atoms with Crippen LogP contribution in [0.2, 0.25) is 0 Å². The molecule has 0 aromatic rings. The maximum absolute atomic E-state index is 13.3. The highest BCUT2D eigenvalue weighted by molar-refractivity contribution is 5.88. The van der Waals surface area contributed by atoms with Crippen LogP contribution in [0, 0.1) is 34.0 Å². The lowest BCUT2D eigenvalue weighted by molar-refractivity contribution is -0.156. The number of Topliss-reactive ketones (excluding diaryl/α,β-unsaturated/α-hetero) is 1. The van der Waals surface area contributed by atoms with Crippen molar-refractivity contribution in [2.45, 2.75) is 64.6 Å². The van der Waals surface area contributed by atoms with Crippen LogP contribution in [0.1, 0.15) is 52.4 Å². The number of ether oxygens (including phenoxy) is 2. The highest BCUT2D eigenvalue weighted by atomic mass is 16.6. The Kier molecular flexibility index (Phi) is 7.09. The van der Waals surface area contributed by atoms with Crippen LogP contribution in [-0.2, 0) is 19.1 Å². The number of alkyl carbamates (subject to hydrolysis) is 2. The molecule has 5 fully saturated rings. The number of aliphatic hydroxyl groups excluding tert-OH is 1. The molecular weight excluding hydrogens is 490 g/mol. The van der Waals surface area contributed by atoms with Gasteiger partial charge in [-0.25, -0.2) is 14.9 Å². The van der Waals surface area contributed by atoms with E-state index in [0.717, 1.165) is 32.1 Å². The molecule has 1 heterocycles. The van der Waals surface area contributed by atoms with Gasteiger partial charge in [-0.1, -0.05) is 19.9 Å². The fraction of sp³-hybridized carbons (Fsp3) is 0.786. The Morgan fingerprint density at radius 3 is 2.61 bits per heavy atom. The molecule has 38 heavy (non-hydrogen) atoms. The van der Waals surface area contributed by atoms with Crippen molar-refractivity contribution < 1.29 is 33.8 Å². The van der Waals surface area contributed by atoms with Crippen LogP contribution in [-0.4, -0.2) is 90.8 Å². The Morgan fingerprint density at radius 2 is 1.92 bits per heavy atom. The summed E-state index contributed by atoms with van der Waals surface area (Å²) in [6.07, 6.45) is 3.73. The molecule has 1 aliphatic heterocycles. The number of nitrogens with zero attached hydrogens (tertiary/aromatic N) is 2. The van der Waals surface area contributed by atoms with Gasteiger partial charge < -0.3 is 19.5 Å². The largest absolute Gasteiger partial charge is 0.448 e. The fourth-order valence-corrected chi connectivity index (χ4v) is 8.49. The quantitative estimate of drug-likeness (QED) is 0.395. The van der Waals surface area contributed by atoms with E-state index in [1.807, 2.05) is 6.92 Å². The van der Waals surface area contributed by atoms with Crippen LogP contribution in [0.3, 0.4) is 0 Å². The number of amides is 3. The Morgan fingerprint density at radius 1 is 1.18 bits per heavy atom. The van der Waals surface area contributed by atoms with Gasteiger partial charge in [0.2, 0.25) is 6.41 Å². The topological polar surface area (TPSA) is 125 Å². The SMILES string of the molecule is C=C[C@]1(C)C[C@@H](OC(=O)NC(=O)OCCN2CCN(C=O)CC2)[C@]23C[C@@H]2CC[C@]2(CCC(=O)[C@H]23)[C@@H](C)[C@@H]1O. The predicted molar refractivity (Wildman–Crippen MR) is 137 cm³/mol. The van der Waals surface area contributed by atoms with Gasteiger partial charge in [-0.05, 0) is 49.4 Å². The molecule has 10 nitrogen and oxygen atoms in total. The maximum atomic E-state index is 13.3. The normalized spacial score (nSPS) is 42.1. The molecule has 5 aliphatic rings. The number of ketones is 1. The van der Waals surface area contributed by atoms with Gasteiger partial charge in [-0.3, -0.25) is 14.5 Å². The summed E-state index contributed by atoms with van der Waals surface area (Å²) >= 11 is 0. The van der Waals surface area contributed by atoms with Gasteiger partial charge in [-0.15, -0.1) is 6.58 Å². The van der Waals surface area contributed by atoms with Crippen LogP contribution in [0.4, 0.5) is 9.59 Å². The van der Waals surface area contributed by atoms with Gasteiger partial charge in [0, 0.05) is 55.9 Å². The lowest BCUT2D eigenvalue weighted by Crippen LogP contribution is -2.58. The second-order valence-corrected chi connectivity index (χ2v) is 12.5. The molecule has 8 atom stereocenters. The second kappa shape index (κ2) is 9.93. The van der Waals surface area contributed by atoms with Crippen molar-refractivity contribution in [2.75, 3.05) is 39.3 Å². The van der Waals surface area contributed by atoms with Gasteiger partial charge in [-0.2, -0.15) is 0 Å². The number of piperazine rings is 1. The molecule has 1 spiro atoms. The Hall–Kier alpha value is -2.46. The molecule has 0 unspecified atom stereocenters. The van der Waals surface area contributed by atoms with Gasteiger partial charge in [0.1, 0.15) is 18.5 Å². The fourth-order valence-electron chi connectivity index (χ4n) is 8.49. The number of aliphatic hydroxyl groups is 1. The van der Waals surface area contributed by atoms with E-state index in [1.165, 1.54) is 0 Å². The van der Waals surface area contributed by atoms with E-state index in [1.54, 1.807) is 11.0 Å². The third kappa shape index (κ3) is 4.33. The molecule has 5 rings (SSSR count). The molecule has 2 N–H and O–H groups in total. The Labute approximate surface area is 224 Å². The monoisotopic (exact) mass is 531 g/mol. The summed E-state index contributed by atoms with van der Waals surface area (Å²) in [6, 6.07) is 0. The molecular formula is C28H41N3O7. The molecule has 0 aromatic carbocycles. The zero-order valence-electron chi connectivity index (χ0n) is 22.5. The summed E-state index contributed by atoms with van der Waals surface area (Å²) in [5.74, 6) is 0.197. The molecule has 4 aliphatic carbocycles. The molecule has 3 amide bonds. The number of imide groups is 1. The van der Waals surface area contributed by atoms with Crippen molar-refractivity contribution in [1.82, 2.24) is 15.1 Å². The number of nitrogens with one attached hydrogen (secondary N) is 1. The van der Waals surface area contributed by atoms with E-state index in [2.05, 4.69) is 23.7 Å². The number of hydrogen-bond acceptors (Lipinski definition) is 8. The van der Waals surface area contributed by atoms with E-state index >= 15 is 0 Å².